The predicted octanol–water partition coefficient (Wildman–Crippen LogP) is 3.29. The van der Waals surface area contributed by atoms with Crippen LogP contribution in [-0.4, -0.2) is 55.3 Å². The molecule has 1 fully saturated rings. The molecule has 7 heteroatoms. The van der Waals surface area contributed by atoms with E-state index in [4.69, 9.17) is 9.47 Å². The summed E-state index contributed by atoms with van der Waals surface area (Å²) < 4.78 is 11.7. The SMILES string of the molecule is CCC(=O)N[C@@H]1c2ccccc2C2(CCN(Cc3nccs3)CC2)[C@H]1OCCOC. The lowest BCUT2D eigenvalue weighted by Gasteiger charge is -2.44. The standard InChI is InChI=1S/C23H31N3O3S/c1-3-19(27)25-21-17-6-4-5-7-18(17)23(22(21)29-14-13-28-2)8-11-26(12-9-23)16-20-24-10-15-30-20/h4-7,10,15,21-22H,3,8-9,11-14,16H2,1-2H3,(H,25,27)/t21-,22+/m1/s1. The van der Waals surface area contributed by atoms with E-state index in [9.17, 15) is 4.79 Å². The summed E-state index contributed by atoms with van der Waals surface area (Å²) in [6.07, 6.45) is 4.27. The number of piperidine rings is 1. The second-order valence-electron chi connectivity index (χ2n) is 8.13. The van der Waals surface area contributed by atoms with Gasteiger partial charge in [0.2, 0.25) is 5.91 Å². The predicted molar refractivity (Wildman–Crippen MR) is 118 cm³/mol. The van der Waals surface area contributed by atoms with Crippen molar-refractivity contribution in [3.8, 4) is 0 Å². The first-order valence-electron chi connectivity index (χ1n) is 10.8. The van der Waals surface area contributed by atoms with Crippen LogP contribution in [0.2, 0.25) is 0 Å². The van der Waals surface area contributed by atoms with Crippen LogP contribution in [0.5, 0.6) is 0 Å². The molecule has 0 saturated carbocycles. The van der Waals surface area contributed by atoms with Crippen LogP contribution in [0.3, 0.4) is 0 Å². The van der Waals surface area contributed by atoms with E-state index < -0.39 is 0 Å². The Hall–Kier alpha value is -1.80. The lowest BCUT2D eigenvalue weighted by atomic mass is 9.72. The smallest absolute Gasteiger partial charge is 0.220 e. The summed E-state index contributed by atoms with van der Waals surface area (Å²) in [5, 5.41) is 6.46. The number of nitrogens with one attached hydrogen (secondary N) is 1. The van der Waals surface area contributed by atoms with Gasteiger partial charge in [-0.1, -0.05) is 31.2 Å². The molecule has 1 spiro atoms. The number of thiazole rings is 1. The monoisotopic (exact) mass is 429 g/mol. The van der Waals surface area contributed by atoms with Crippen molar-refractivity contribution in [2.45, 2.75) is 50.3 Å². The van der Waals surface area contributed by atoms with Crippen molar-refractivity contribution in [1.82, 2.24) is 15.2 Å². The third kappa shape index (κ3) is 4.17. The van der Waals surface area contributed by atoms with Gasteiger partial charge in [0.05, 0.1) is 31.9 Å². The maximum atomic E-state index is 12.3. The molecule has 0 radical (unpaired) electrons. The number of likely N-dealkylation sites (tertiary alicyclic amines) is 1. The Kier molecular flexibility index (Phi) is 6.83. The summed E-state index contributed by atoms with van der Waals surface area (Å²) in [7, 11) is 1.69. The van der Waals surface area contributed by atoms with Crippen LogP contribution in [0, 0.1) is 0 Å². The molecule has 1 aromatic carbocycles. The second-order valence-corrected chi connectivity index (χ2v) is 9.11. The quantitative estimate of drug-likeness (QED) is 0.653. The van der Waals surface area contributed by atoms with Crippen molar-refractivity contribution in [3.63, 3.8) is 0 Å². The van der Waals surface area contributed by atoms with Gasteiger partial charge in [0.15, 0.2) is 0 Å². The summed E-state index contributed by atoms with van der Waals surface area (Å²) >= 11 is 1.71. The normalized spacial score (nSPS) is 22.9. The number of ether oxygens (including phenoxy) is 2. The van der Waals surface area contributed by atoms with Gasteiger partial charge in [-0.25, -0.2) is 4.98 Å². The number of carbonyl (C=O) groups excluding carboxylic acids is 1. The van der Waals surface area contributed by atoms with E-state index in [1.807, 2.05) is 18.5 Å². The molecule has 1 aliphatic carbocycles. The highest BCUT2D eigenvalue weighted by atomic mass is 32.1. The molecule has 0 unspecified atom stereocenters. The van der Waals surface area contributed by atoms with Gasteiger partial charge in [-0.15, -0.1) is 11.3 Å². The summed E-state index contributed by atoms with van der Waals surface area (Å²) in [6, 6.07) is 8.44. The maximum Gasteiger partial charge on any atom is 0.220 e. The van der Waals surface area contributed by atoms with Gasteiger partial charge >= 0.3 is 0 Å². The van der Waals surface area contributed by atoms with E-state index in [-0.39, 0.29) is 23.5 Å². The average molecular weight is 430 g/mol. The minimum absolute atomic E-state index is 0.0633. The number of hydrogen-bond acceptors (Lipinski definition) is 6. The molecule has 6 nitrogen and oxygen atoms in total. The van der Waals surface area contributed by atoms with Gasteiger partial charge in [0.25, 0.3) is 0 Å². The Balaban J connectivity index is 1.59. The van der Waals surface area contributed by atoms with E-state index in [0.717, 1.165) is 32.5 Å². The number of hydrogen-bond donors (Lipinski definition) is 1. The number of benzene rings is 1. The molecule has 2 aromatic rings. The highest BCUT2D eigenvalue weighted by Gasteiger charge is 2.54. The van der Waals surface area contributed by atoms with Crippen LogP contribution in [-0.2, 0) is 26.2 Å². The lowest BCUT2D eigenvalue weighted by Crippen LogP contribution is -2.51. The molecule has 2 aliphatic rings. The fourth-order valence-corrected chi connectivity index (χ4v) is 5.64. The summed E-state index contributed by atoms with van der Waals surface area (Å²) in [5.41, 5.74) is 2.45. The summed E-state index contributed by atoms with van der Waals surface area (Å²) in [4.78, 5) is 19.3. The zero-order valence-electron chi connectivity index (χ0n) is 17.8. The van der Waals surface area contributed by atoms with Crippen LogP contribution in [0.4, 0.5) is 0 Å². The van der Waals surface area contributed by atoms with Gasteiger partial charge < -0.3 is 14.8 Å². The van der Waals surface area contributed by atoms with Crippen molar-refractivity contribution in [1.29, 1.82) is 0 Å². The topological polar surface area (TPSA) is 63.7 Å². The molecule has 2 heterocycles. The highest BCUT2D eigenvalue weighted by molar-refractivity contribution is 7.09. The fraction of sp³-hybridized carbons (Fsp3) is 0.565. The number of rotatable bonds is 8. The van der Waals surface area contributed by atoms with Gasteiger partial charge in [0, 0.05) is 30.5 Å². The van der Waals surface area contributed by atoms with E-state index in [2.05, 4.69) is 39.5 Å². The van der Waals surface area contributed by atoms with Gasteiger partial charge in [0.1, 0.15) is 5.01 Å². The Bertz CT molecular complexity index is 834. The fourth-order valence-electron chi connectivity index (χ4n) is 4.99. The third-order valence-electron chi connectivity index (χ3n) is 6.49. The number of nitrogens with zero attached hydrogens (tertiary/aromatic N) is 2. The second kappa shape index (κ2) is 9.56. The van der Waals surface area contributed by atoms with Crippen LogP contribution in [0.25, 0.3) is 0 Å². The molecule has 1 aromatic heterocycles. The number of fused-ring (bicyclic) bond motifs is 2. The number of carbonyl (C=O) groups is 1. The van der Waals surface area contributed by atoms with Crippen LogP contribution < -0.4 is 5.32 Å². The zero-order valence-corrected chi connectivity index (χ0v) is 18.6. The van der Waals surface area contributed by atoms with E-state index in [0.29, 0.717) is 19.6 Å². The molecule has 0 bridgehead atoms. The zero-order chi connectivity index (χ0) is 21.0. The molecular weight excluding hydrogens is 398 g/mol. The maximum absolute atomic E-state index is 12.3. The Morgan fingerprint density at radius 2 is 2.10 bits per heavy atom. The Morgan fingerprint density at radius 1 is 1.30 bits per heavy atom. The van der Waals surface area contributed by atoms with E-state index in [1.54, 1.807) is 18.4 Å². The van der Waals surface area contributed by atoms with E-state index in [1.165, 1.54) is 16.1 Å². The minimum atomic E-state index is -0.115. The first-order valence-corrected chi connectivity index (χ1v) is 11.7. The molecule has 1 aliphatic heterocycles. The Labute approximate surface area is 182 Å². The van der Waals surface area contributed by atoms with E-state index >= 15 is 0 Å². The molecule has 4 rings (SSSR count). The molecule has 2 atom stereocenters. The molecule has 162 valence electrons. The lowest BCUT2D eigenvalue weighted by molar-refractivity contribution is -0.124. The van der Waals surface area contributed by atoms with Crippen molar-refractivity contribution in [3.05, 3.63) is 52.0 Å². The molecule has 1 N–H and O–H groups in total. The van der Waals surface area contributed by atoms with Crippen molar-refractivity contribution >= 4 is 17.2 Å². The molecule has 30 heavy (non-hydrogen) atoms. The number of amides is 1. The van der Waals surface area contributed by atoms with Crippen molar-refractivity contribution in [2.24, 2.45) is 0 Å². The first-order chi connectivity index (χ1) is 14.7. The third-order valence-corrected chi connectivity index (χ3v) is 7.26. The largest absolute Gasteiger partial charge is 0.382 e. The number of methoxy groups -OCH3 is 1. The van der Waals surface area contributed by atoms with Gasteiger partial charge in [-0.2, -0.15) is 0 Å². The molecule has 1 amide bonds. The van der Waals surface area contributed by atoms with Gasteiger partial charge in [-0.05, 0) is 37.1 Å². The van der Waals surface area contributed by atoms with Crippen molar-refractivity contribution in [2.75, 3.05) is 33.4 Å². The summed E-state index contributed by atoms with van der Waals surface area (Å²) in [6.45, 7) is 5.86. The van der Waals surface area contributed by atoms with Crippen LogP contribution >= 0.6 is 11.3 Å². The summed E-state index contributed by atoms with van der Waals surface area (Å²) in [5.74, 6) is 0.0633. The number of aromatic nitrogens is 1. The highest BCUT2D eigenvalue weighted by Crippen LogP contribution is 2.52. The Morgan fingerprint density at radius 3 is 2.80 bits per heavy atom. The van der Waals surface area contributed by atoms with Gasteiger partial charge in [-0.3, -0.25) is 9.69 Å². The first kappa shape index (κ1) is 21.4. The minimum Gasteiger partial charge on any atom is -0.382 e. The van der Waals surface area contributed by atoms with Crippen LogP contribution in [0.15, 0.2) is 35.8 Å². The average Bonchev–Trinajstić information content (AvgIpc) is 3.37. The molecular formula is C23H31N3O3S. The van der Waals surface area contributed by atoms with Crippen LogP contribution in [0.1, 0.15) is 48.4 Å². The van der Waals surface area contributed by atoms with Crippen molar-refractivity contribution < 1.29 is 14.3 Å². The molecule has 1 saturated heterocycles.